The van der Waals surface area contributed by atoms with Crippen molar-refractivity contribution >= 4 is 5.82 Å². The van der Waals surface area contributed by atoms with E-state index in [9.17, 15) is 0 Å². The number of hydrogen-bond donors (Lipinski definition) is 1. The fraction of sp³-hybridized carbons (Fsp3) is 0.692. The number of likely N-dealkylation sites (N-methyl/N-ethyl adjacent to an activating group) is 2. The van der Waals surface area contributed by atoms with Gasteiger partial charge < -0.3 is 10.2 Å². The number of nitrogens with zero attached hydrogens (tertiary/aromatic N) is 4. The summed E-state index contributed by atoms with van der Waals surface area (Å²) >= 11 is 0. The third-order valence-electron chi connectivity index (χ3n) is 3.56. The van der Waals surface area contributed by atoms with Gasteiger partial charge in [0.05, 0.1) is 6.04 Å². The summed E-state index contributed by atoms with van der Waals surface area (Å²) in [6.45, 7) is 5.30. The second-order valence-corrected chi connectivity index (χ2v) is 4.96. The Labute approximate surface area is 109 Å². The molecule has 0 spiro atoms. The first-order chi connectivity index (χ1) is 8.63. The predicted octanol–water partition coefficient (Wildman–Crippen LogP) is 0.999. The molecule has 0 aliphatic carbocycles. The number of piperazine rings is 1. The standard InChI is InChI=1S/C13H23N5/c1-5-10-8-12(14-2)16-13(15-10)11-9-17(3)6-7-18(11)4/h8,11H,5-7,9H2,1-4H3,(H,14,15,16). The molecule has 0 radical (unpaired) electrons. The molecule has 1 aliphatic rings. The Bertz CT molecular complexity index is 384. The van der Waals surface area contributed by atoms with Crippen molar-refractivity contribution < 1.29 is 0 Å². The monoisotopic (exact) mass is 249 g/mol. The summed E-state index contributed by atoms with van der Waals surface area (Å²) < 4.78 is 0. The molecular formula is C13H23N5. The summed E-state index contributed by atoms with van der Waals surface area (Å²) in [7, 11) is 6.21. The Morgan fingerprint density at radius 3 is 2.78 bits per heavy atom. The molecule has 1 aromatic heterocycles. The van der Waals surface area contributed by atoms with E-state index in [2.05, 4.69) is 46.1 Å². The molecule has 5 nitrogen and oxygen atoms in total. The van der Waals surface area contributed by atoms with Gasteiger partial charge in [-0.1, -0.05) is 6.92 Å². The van der Waals surface area contributed by atoms with E-state index >= 15 is 0 Å². The summed E-state index contributed by atoms with van der Waals surface area (Å²) in [4.78, 5) is 14.0. The number of aromatic nitrogens is 2. The van der Waals surface area contributed by atoms with Gasteiger partial charge in [-0.15, -0.1) is 0 Å². The summed E-state index contributed by atoms with van der Waals surface area (Å²) in [5.41, 5.74) is 1.10. The zero-order valence-electron chi connectivity index (χ0n) is 11.8. The van der Waals surface area contributed by atoms with Gasteiger partial charge in [-0.25, -0.2) is 9.97 Å². The molecule has 1 fully saturated rings. The van der Waals surface area contributed by atoms with E-state index in [1.165, 1.54) is 0 Å². The zero-order valence-corrected chi connectivity index (χ0v) is 11.8. The predicted molar refractivity (Wildman–Crippen MR) is 73.8 cm³/mol. The van der Waals surface area contributed by atoms with E-state index < -0.39 is 0 Å². The highest BCUT2D eigenvalue weighted by molar-refractivity contribution is 5.35. The van der Waals surface area contributed by atoms with Crippen LogP contribution in [0, 0.1) is 0 Å². The lowest BCUT2D eigenvalue weighted by atomic mass is 10.1. The van der Waals surface area contributed by atoms with Gasteiger partial charge in [-0.2, -0.15) is 0 Å². The van der Waals surface area contributed by atoms with Crippen molar-refractivity contribution in [1.29, 1.82) is 0 Å². The first-order valence-electron chi connectivity index (χ1n) is 6.58. The first-order valence-corrected chi connectivity index (χ1v) is 6.58. The zero-order chi connectivity index (χ0) is 13.1. The van der Waals surface area contributed by atoms with E-state index in [0.717, 1.165) is 43.4 Å². The lowest BCUT2D eigenvalue weighted by Gasteiger charge is -2.36. The van der Waals surface area contributed by atoms with Crippen molar-refractivity contribution in [2.75, 3.05) is 46.1 Å². The molecule has 1 saturated heterocycles. The lowest BCUT2D eigenvalue weighted by Crippen LogP contribution is -2.45. The molecular weight excluding hydrogens is 226 g/mol. The van der Waals surface area contributed by atoms with Crippen LogP contribution in [0.2, 0.25) is 0 Å². The molecule has 0 bridgehead atoms. The molecule has 1 N–H and O–H groups in total. The third kappa shape index (κ3) is 2.79. The molecule has 5 heteroatoms. The second kappa shape index (κ2) is 5.63. The number of anilines is 1. The summed E-state index contributed by atoms with van der Waals surface area (Å²) in [5.74, 6) is 1.85. The van der Waals surface area contributed by atoms with Gasteiger partial charge in [0.2, 0.25) is 0 Å². The molecule has 1 aliphatic heterocycles. The van der Waals surface area contributed by atoms with Crippen LogP contribution in [0.3, 0.4) is 0 Å². The molecule has 0 saturated carbocycles. The van der Waals surface area contributed by atoms with E-state index in [4.69, 9.17) is 0 Å². The second-order valence-electron chi connectivity index (χ2n) is 4.96. The van der Waals surface area contributed by atoms with Crippen molar-refractivity contribution in [1.82, 2.24) is 19.8 Å². The Kier molecular flexibility index (Phi) is 4.14. The molecule has 0 aromatic carbocycles. The highest BCUT2D eigenvalue weighted by Crippen LogP contribution is 2.22. The van der Waals surface area contributed by atoms with Crippen LogP contribution in [0.5, 0.6) is 0 Å². The summed E-state index contributed by atoms with van der Waals surface area (Å²) in [6.07, 6.45) is 0.941. The minimum Gasteiger partial charge on any atom is -0.373 e. The van der Waals surface area contributed by atoms with Crippen LogP contribution in [-0.4, -0.2) is 60.5 Å². The molecule has 100 valence electrons. The average Bonchev–Trinajstić information content (AvgIpc) is 2.40. The maximum atomic E-state index is 4.69. The number of aryl methyl sites for hydroxylation is 1. The molecule has 2 heterocycles. The van der Waals surface area contributed by atoms with Gasteiger partial charge in [-0.05, 0) is 20.5 Å². The Hall–Kier alpha value is -1.20. The first kappa shape index (κ1) is 13.2. The summed E-state index contributed by atoms with van der Waals surface area (Å²) in [6, 6.07) is 2.32. The van der Waals surface area contributed by atoms with Crippen molar-refractivity contribution in [2.45, 2.75) is 19.4 Å². The van der Waals surface area contributed by atoms with Crippen LogP contribution in [0.15, 0.2) is 6.07 Å². The smallest absolute Gasteiger partial charge is 0.149 e. The minimum absolute atomic E-state index is 0.294. The Balaban J connectivity index is 2.30. The van der Waals surface area contributed by atoms with Crippen molar-refractivity contribution in [3.63, 3.8) is 0 Å². The number of nitrogens with one attached hydrogen (secondary N) is 1. The van der Waals surface area contributed by atoms with E-state index in [-0.39, 0.29) is 0 Å². The van der Waals surface area contributed by atoms with Crippen LogP contribution < -0.4 is 5.32 Å². The van der Waals surface area contributed by atoms with E-state index in [1.807, 2.05) is 13.1 Å². The molecule has 0 amide bonds. The maximum Gasteiger partial charge on any atom is 0.149 e. The lowest BCUT2D eigenvalue weighted by molar-refractivity contribution is 0.109. The number of hydrogen-bond acceptors (Lipinski definition) is 5. The van der Waals surface area contributed by atoms with Crippen molar-refractivity contribution in [2.24, 2.45) is 0 Å². The van der Waals surface area contributed by atoms with E-state index in [1.54, 1.807) is 0 Å². The van der Waals surface area contributed by atoms with Crippen LogP contribution in [0.1, 0.15) is 24.5 Å². The van der Waals surface area contributed by atoms with Crippen molar-refractivity contribution in [3.05, 3.63) is 17.6 Å². The Morgan fingerprint density at radius 1 is 1.33 bits per heavy atom. The van der Waals surface area contributed by atoms with Gasteiger partial charge in [0.1, 0.15) is 11.6 Å². The normalized spacial score (nSPS) is 22.1. The molecule has 1 atom stereocenters. The van der Waals surface area contributed by atoms with Crippen LogP contribution in [-0.2, 0) is 6.42 Å². The van der Waals surface area contributed by atoms with Crippen molar-refractivity contribution in [3.8, 4) is 0 Å². The van der Waals surface area contributed by atoms with Crippen LogP contribution in [0.4, 0.5) is 5.82 Å². The van der Waals surface area contributed by atoms with Gasteiger partial charge >= 0.3 is 0 Å². The Morgan fingerprint density at radius 2 is 2.11 bits per heavy atom. The van der Waals surface area contributed by atoms with Crippen LogP contribution in [0.25, 0.3) is 0 Å². The SMILES string of the molecule is CCc1cc(NC)nc(C2CN(C)CCN2C)n1. The fourth-order valence-corrected chi connectivity index (χ4v) is 2.27. The minimum atomic E-state index is 0.294. The highest BCUT2D eigenvalue weighted by atomic mass is 15.3. The number of rotatable bonds is 3. The fourth-order valence-electron chi connectivity index (χ4n) is 2.27. The highest BCUT2D eigenvalue weighted by Gasteiger charge is 2.26. The average molecular weight is 249 g/mol. The molecule has 2 rings (SSSR count). The summed E-state index contributed by atoms with van der Waals surface area (Å²) in [5, 5.41) is 3.12. The topological polar surface area (TPSA) is 44.3 Å². The quantitative estimate of drug-likeness (QED) is 0.866. The maximum absolute atomic E-state index is 4.69. The molecule has 1 unspecified atom stereocenters. The molecule has 1 aromatic rings. The van der Waals surface area contributed by atoms with Gasteiger partial charge in [0, 0.05) is 38.4 Å². The van der Waals surface area contributed by atoms with E-state index in [0.29, 0.717) is 6.04 Å². The molecule has 18 heavy (non-hydrogen) atoms. The van der Waals surface area contributed by atoms with Gasteiger partial charge in [0.25, 0.3) is 0 Å². The van der Waals surface area contributed by atoms with Gasteiger partial charge in [-0.3, -0.25) is 4.90 Å². The van der Waals surface area contributed by atoms with Gasteiger partial charge in [0.15, 0.2) is 0 Å². The largest absolute Gasteiger partial charge is 0.373 e. The third-order valence-corrected chi connectivity index (χ3v) is 3.56. The van der Waals surface area contributed by atoms with Crippen LogP contribution >= 0.6 is 0 Å².